The lowest BCUT2D eigenvalue weighted by Crippen LogP contribution is -2.35. The molecule has 0 saturated heterocycles. The number of nitrogens with zero attached hydrogens (tertiary/aromatic N) is 2. The largest absolute Gasteiger partial charge is 0.321 e. The average Bonchev–Trinajstić information content (AvgIpc) is 2.99. The molecule has 1 aromatic carbocycles. The molecule has 104 valence electrons. The maximum absolute atomic E-state index is 6.51. The molecule has 20 heavy (non-hydrogen) atoms. The van der Waals surface area contributed by atoms with Gasteiger partial charge in [0.1, 0.15) is 0 Å². The van der Waals surface area contributed by atoms with Crippen LogP contribution in [-0.2, 0) is 18.4 Å². The third-order valence-electron chi connectivity index (χ3n) is 3.71. The first-order valence-electron chi connectivity index (χ1n) is 6.88. The molecule has 0 aliphatic carbocycles. The van der Waals surface area contributed by atoms with Crippen molar-refractivity contribution in [3.05, 3.63) is 58.9 Å². The van der Waals surface area contributed by atoms with Crippen molar-refractivity contribution in [2.45, 2.75) is 32.2 Å². The molecule has 3 nitrogen and oxygen atoms in total. The van der Waals surface area contributed by atoms with Crippen molar-refractivity contribution in [2.24, 2.45) is 5.73 Å². The lowest BCUT2D eigenvalue weighted by atomic mass is 9.88. The number of hydrogen-bond donors (Lipinski definition) is 1. The molecule has 1 unspecified atom stereocenters. The average molecular weight is 285 g/mol. The fraction of sp³-hybridized carbons (Fsp3) is 0.312. The van der Waals surface area contributed by atoms with Crippen LogP contribution >= 0.6 is 11.3 Å². The van der Waals surface area contributed by atoms with Gasteiger partial charge in [0.05, 0.1) is 5.69 Å². The standard InChI is InChI=1S/C16H19N3S/c1-3-12-4-6-13(7-5-12)16(2,17)10-14-11-19-8-9-20-15(19)18-14/h4-9,11H,3,10,17H2,1-2H3. The quantitative estimate of drug-likeness (QED) is 0.798. The van der Waals surface area contributed by atoms with E-state index in [-0.39, 0.29) is 0 Å². The molecule has 0 fully saturated rings. The highest BCUT2D eigenvalue weighted by molar-refractivity contribution is 7.15. The topological polar surface area (TPSA) is 43.3 Å². The highest BCUT2D eigenvalue weighted by atomic mass is 32.1. The number of imidazole rings is 1. The first-order chi connectivity index (χ1) is 9.58. The van der Waals surface area contributed by atoms with Crippen LogP contribution in [0.5, 0.6) is 0 Å². The van der Waals surface area contributed by atoms with Crippen molar-refractivity contribution >= 4 is 16.3 Å². The molecule has 2 N–H and O–H groups in total. The Morgan fingerprint density at radius 3 is 2.70 bits per heavy atom. The van der Waals surface area contributed by atoms with Crippen LogP contribution in [0.25, 0.3) is 4.96 Å². The first-order valence-corrected chi connectivity index (χ1v) is 7.76. The van der Waals surface area contributed by atoms with Gasteiger partial charge in [0.15, 0.2) is 4.96 Å². The molecule has 0 amide bonds. The SMILES string of the molecule is CCc1ccc(C(C)(N)Cc2cn3ccsc3n2)cc1. The summed E-state index contributed by atoms with van der Waals surface area (Å²) in [5.74, 6) is 0. The van der Waals surface area contributed by atoms with Gasteiger partial charge in [-0.15, -0.1) is 11.3 Å². The molecule has 0 radical (unpaired) electrons. The lowest BCUT2D eigenvalue weighted by Gasteiger charge is -2.24. The van der Waals surface area contributed by atoms with E-state index >= 15 is 0 Å². The van der Waals surface area contributed by atoms with Gasteiger partial charge < -0.3 is 5.73 Å². The second-order valence-corrected chi connectivity index (χ2v) is 6.34. The maximum Gasteiger partial charge on any atom is 0.193 e. The maximum atomic E-state index is 6.51. The van der Waals surface area contributed by atoms with Gasteiger partial charge in [-0.05, 0) is 24.5 Å². The zero-order valence-electron chi connectivity index (χ0n) is 11.8. The molecule has 0 aliphatic rings. The number of rotatable bonds is 4. The molecular formula is C16H19N3S. The highest BCUT2D eigenvalue weighted by Gasteiger charge is 2.23. The Balaban J connectivity index is 1.84. The van der Waals surface area contributed by atoms with Crippen molar-refractivity contribution < 1.29 is 0 Å². The van der Waals surface area contributed by atoms with Crippen LogP contribution in [0.15, 0.2) is 42.0 Å². The van der Waals surface area contributed by atoms with Crippen molar-refractivity contribution in [3.63, 3.8) is 0 Å². The summed E-state index contributed by atoms with van der Waals surface area (Å²) in [6, 6.07) is 8.59. The Labute approximate surface area is 123 Å². The Kier molecular flexibility index (Phi) is 3.36. The van der Waals surface area contributed by atoms with Crippen molar-refractivity contribution in [3.8, 4) is 0 Å². The van der Waals surface area contributed by atoms with Crippen LogP contribution in [0.4, 0.5) is 0 Å². The first kappa shape index (κ1) is 13.3. The van der Waals surface area contributed by atoms with Gasteiger partial charge in [0.2, 0.25) is 0 Å². The van der Waals surface area contributed by atoms with Gasteiger partial charge in [0, 0.05) is 29.7 Å². The van der Waals surface area contributed by atoms with E-state index in [9.17, 15) is 0 Å². The summed E-state index contributed by atoms with van der Waals surface area (Å²) in [4.78, 5) is 5.64. The summed E-state index contributed by atoms with van der Waals surface area (Å²) >= 11 is 1.65. The van der Waals surface area contributed by atoms with Crippen molar-refractivity contribution in [1.29, 1.82) is 0 Å². The predicted octanol–water partition coefficient (Wildman–Crippen LogP) is 3.37. The summed E-state index contributed by atoms with van der Waals surface area (Å²) in [6.45, 7) is 4.23. The number of aromatic nitrogens is 2. The van der Waals surface area contributed by atoms with Crippen LogP contribution in [0, 0.1) is 0 Å². The smallest absolute Gasteiger partial charge is 0.193 e. The van der Waals surface area contributed by atoms with E-state index in [1.165, 1.54) is 5.56 Å². The van der Waals surface area contributed by atoms with Gasteiger partial charge in [0.25, 0.3) is 0 Å². The Hall–Kier alpha value is -1.65. The molecule has 2 aromatic heterocycles. The predicted molar refractivity (Wildman–Crippen MR) is 84.1 cm³/mol. The van der Waals surface area contributed by atoms with E-state index in [0.717, 1.165) is 29.1 Å². The van der Waals surface area contributed by atoms with Crippen LogP contribution in [-0.4, -0.2) is 9.38 Å². The summed E-state index contributed by atoms with van der Waals surface area (Å²) in [6.07, 6.45) is 5.89. The third kappa shape index (κ3) is 2.49. The highest BCUT2D eigenvalue weighted by Crippen LogP contribution is 2.24. The van der Waals surface area contributed by atoms with Gasteiger partial charge in [-0.25, -0.2) is 4.98 Å². The zero-order valence-corrected chi connectivity index (χ0v) is 12.7. The van der Waals surface area contributed by atoms with E-state index in [0.29, 0.717) is 0 Å². The molecule has 1 atom stereocenters. The fourth-order valence-electron chi connectivity index (χ4n) is 2.46. The van der Waals surface area contributed by atoms with Crippen LogP contribution < -0.4 is 5.73 Å². The third-order valence-corrected chi connectivity index (χ3v) is 4.48. The number of fused-ring (bicyclic) bond motifs is 1. The minimum absolute atomic E-state index is 0.393. The molecule has 4 heteroatoms. The van der Waals surface area contributed by atoms with E-state index in [1.807, 2.05) is 11.6 Å². The minimum atomic E-state index is -0.393. The summed E-state index contributed by atoms with van der Waals surface area (Å²) in [7, 11) is 0. The van der Waals surface area contributed by atoms with Crippen LogP contribution in [0.3, 0.4) is 0 Å². The van der Waals surface area contributed by atoms with Gasteiger partial charge in [-0.3, -0.25) is 4.40 Å². The van der Waals surface area contributed by atoms with Gasteiger partial charge >= 0.3 is 0 Å². The number of benzene rings is 1. The van der Waals surface area contributed by atoms with Crippen LogP contribution in [0.1, 0.15) is 30.7 Å². The van der Waals surface area contributed by atoms with E-state index < -0.39 is 5.54 Å². The van der Waals surface area contributed by atoms with E-state index in [1.54, 1.807) is 11.3 Å². The Bertz CT molecular complexity index is 678. The fourth-order valence-corrected chi connectivity index (χ4v) is 3.18. The molecular weight excluding hydrogens is 266 g/mol. The molecule has 0 saturated carbocycles. The molecule has 0 spiro atoms. The Morgan fingerprint density at radius 1 is 1.30 bits per heavy atom. The monoisotopic (exact) mass is 285 g/mol. The Morgan fingerprint density at radius 2 is 2.05 bits per heavy atom. The minimum Gasteiger partial charge on any atom is -0.321 e. The molecule has 3 aromatic rings. The summed E-state index contributed by atoms with van der Waals surface area (Å²) in [5.41, 5.74) is 9.66. The van der Waals surface area contributed by atoms with Crippen LogP contribution in [0.2, 0.25) is 0 Å². The molecule has 0 aliphatic heterocycles. The van der Waals surface area contributed by atoms with Crippen molar-refractivity contribution in [2.75, 3.05) is 0 Å². The summed E-state index contributed by atoms with van der Waals surface area (Å²) < 4.78 is 2.05. The van der Waals surface area contributed by atoms with E-state index in [4.69, 9.17) is 5.73 Å². The second-order valence-electron chi connectivity index (χ2n) is 5.47. The normalized spacial score (nSPS) is 14.6. The molecule has 2 heterocycles. The molecule has 0 bridgehead atoms. The number of aryl methyl sites for hydroxylation is 1. The van der Waals surface area contributed by atoms with E-state index in [2.05, 4.69) is 53.7 Å². The molecule has 3 rings (SSSR count). The summed E-state index contributed by atoms with van der Waals surface area (Å²) in [5, 5.41) is 2.04. The zero-order chi connectivity index (χ0) is 14.2. The number of hydrogen-bond acceptors (Lipinski definition) is 3. The van der Waals surface area contributed by atoms with Gasteiger partial charge in [-0.2, -0.15) is 0 Å². The second kappa shape index (κ2) is 5.04. The lowest BCUT2D eigenvalue weighted by molar-refractivity contribution is 0.486. The van der Waals surface area contributed by atoms with Crippen molar-refractivity contribution in [1.82, 2.24) is 9.38 Å². The number of thiazole rings is 1. The van der Waals surface area contributed by atoms with Gasteiger partial charge in [-0.1, -0.05) is 31.2 Å². The number of nitrogens with two attached hydrogens (primary N) is 1.